The van der Waals surface area contributed by atoms with E-state index in [0.29, 0.717) is 17.5 Å². The Bertz CT molecular complexity index is 568. The minimum absolute atomic E-state index is 0.217. The topological polar surface area (TPSA) is 9.23 Å². The first kappa shape index (κ1) is 13.9. The normalized spacial score (nSPS) is 12.2. The van der Waals surface area contributed by atoms with Gasteiger partial charge in [0.15, 0.2) is 0 Å². The van der Waals surface area contributed by atoms with E-state index in [1.165, 1.54) is 0 Å². The lowest BCUT2D eigenvalue weighted by atomic mass is 10.0. The van der Waals surface area contributed by atoms with E-state index >= 15 is 0 Å². The van der Waals surface area contributed by atoms with Crippen molar-refractivity contribution in [1.82, 2.24) is 0 Å². The third-order valence-corrected chi connectivity index (χ3v) is 3.50. The smallest absolute Gasteiger partial charge is 0.130 e. The van der Waals surface area contributed by atoms with Crippen molar-refractivity contribution < 1.29 is 9.13 Å². The second-order valence-corrected chi connectivity index (χ2v) is 5.03. The minimum Gasteiger partial charge on any atom is -0.497 e. The number of halogens is 2. The van der Waals surface area contributed by atoms with Crippen LogP contribution in [0.5, 0.6) is 5.75 Å². The number of hydrogen-bond donors (Lipinski definition) is 0. The molecule has 19 heavy (non-hydrogen) atoms. The lowest BCUT2D eigenvalue weighted by Crippen LogP contribution is -2.00. The highest BCUT2D eigenvalue weighted by Gasteiger charge is 2.15. The third-order valence-electron chi connectivity index (χ3n) is 3.11. The van der Waals surface area contributed by atoms with Gasteiger partial charge in [-0.05, 0) is 36.6 Å². The number of rotatable bonds is 4. The summed E-state index contributed by atoms with van der Waals surface area (Å²) in [6.45, 7) is 1.74. The maximum absolute atomic E-state index is 14.0. The van der Waals surface area contributed by atoms with E-state index in [0.717, 1.165) is 11.3 Å². The van der Waals surface area contributed by atoms with Gasteiger partial charge in [-0.3, -0.25) is 0 Å². The molecule has 0 bridgehead atoms. The number of benzene rings is 2. The van der Waals surface area contributed by atoms with E-state index in [-0.39, 0.29) is 11.2 Å². The molecule has 0 heterocycles. The summed E-state index contributed by atoms with van der Waals surface area (Å²) >= 11 is 6.33. The molecule has 3 heteroatoms. The molecule has 2 aromatic carbocycles. The van der Waals surface area contributed by atoms with Crippen LogP contribution in [0.1, 0.15) is 22.1 Å². The van der Waals surface area contributed by atoms with Crippen LogP contribution in [0.3, 0.4) is 0 Å². The van der Waals surface area contributed by atoms with Crippen LogP contribution in [0.4, 0.5) is 4.39 Å². The molecule has 1 atom stereocenters. The number of hydrogen-bond acceptors (Lipinski definition) is 1. The number of ether oxygens (including phenoxy) is 1. The summed E-state index contributed by atoms with van der Waals surface area (Å²) in [6.07, 6.45) is 0.569. The average molecular weight is 279 g/mol. The fourth-order valence-corrected chi connectivity index (χ4v) is 2.38. The second kappa shape index (κ2) is 6.07. The highest BCUT2D eigenvalue weighted by Crippen LogP contribution is 2.29. The standard InChI is InChI=1S/C16H16ClFO/c1-11-5-3-8-14(16(11)18)15(17)10-12-6-4-7-13(9-12)19-2/h3-9,15H,10H2,1-2H3. The summed E-state index contributed by atoms with van der Waals surface area (Å²) in [5, 5.41) is -0.382. The Morgan fingerprint density at radius 3 is 2.68 bits per heavy atom. The van der Waals surface area contributed by atoms with Crippen molar-refractivity contribution in [3.8, 4) is 5.75 Å². The molecular weight excluding hydrogens is 263 g/mol. The zero-order chi connectivity index (χ0) is 13.8. The van der Waals surface area contributed by atoms with Gasteiger partial charge in [0, 0.05) is 5.56 Å². The van der Waals surface area contributed by atoms with E-state index in [1.54, 1.807) is 26.2 Å². The lowest BCUT2D eigenvalue weighted by molar-refractivity contribution is 0.414. The first-order valence-electron chi connectivity index (χ1n) is 6.14. The summed E-state index contributed by atoms with van der Waals surface area (Å²) < 4.78 is 19.2. The molecule has 0 N–H and O–H groups in total. The van der Waals surface area contributed by atoms with Crippen LogP contribution in [-0.2, 0) is 6.42 Å². The van der Waals surface area contributed by atoms with Gasteiger partial charge in [-0.1, -0.05) is 30.3 Å². The van der Waals surface area contributed by atoms with E-state index in [9.17, 15) is 4.39 Å². The van der Waals surface area contributed by atoms with Crippen LogP contribution in [0, 0.1) is 12.7 Å². The van der Waals surface area contributed by atoms with Crippen LogP contribution < -0.4 is 4.74 Å². The molecule has 0 aliphatic heterocycles. The Labute approximate surface area is 118 Å². The minimum atomic E-state index is -0.382. The van der Waals surface area contributed by atoms with Gasteiger partial charge in [-0.25, -0.2) is 4.39 Å². The molecule has 0 saturated heterocycles. The molecule has 2 aromatic rings. The van der Waals surface area contributed by atoms with E-state index in [2.05, 4.69) is 0 Å². The Hall–Kier alpha value is -1.54. The Kier molecular flexibility index (Phi) is 4.43. The van der Waals surface area contributed by atoms with Gasteiger partial charge >= 0.3 is 0 Å². The molecule has 0 fully saturated rings. The molecule has 100 valence electrons. The highest BCUT2D eigenvalue weighted by atomic mass is 35.5. The summed E-state index contributed by atoms with van der Waals surface area (Å²) in [6, 6.07) is 13.0. The van der Waals surface area contributed by atoms with Crippen molar-refractivity contribution >= 4 is 11.6 Å². The zero-order valence-corrected chi connectivity index (χ0v) is 11.7. The van der Waals surface area contributed by atoms with Crippen LogP contribution in [0.2, 0.25) is 0 Å². The van der Waals surface area contributed by atoms with Crippen LogP contribution in [0.15, 0.2) is 42.5 Å². The average Bonchev–Trinajstić information content (AvgIpc) is 2.42. The number of methoxy groups -OCH3 is 1. The van der Waals surface area contributed by atoms with Gasteiger partial charge in [-0.2, -0.15) is 0 Å². The van der Waals surface area contributed by atoms with Gasteiger partial charge in [0.05, 0.1) is 12.5 Å². The molecule has 2 rings (SSSR count). The van der Waals surface area contributed by atoms with Crippen LogP contribution in [-0.4, -0.2) is 7.11 Å². The van der Waals surface area contributed by atoms with Gasteiger partial charge < -0.3 is 4.74 Å². The van der Waals surface area contributed by atoms with Crippen molar-refractivity contribution in [2.24, 2.45) is 0 Å². The largest absolute Gasteiger partial charge is 0.497 e. The summed E-state index contributed by atoms with van der Waals surface area (Å²) in [5.74, 6) is 0.566. The van der Waals surface area contributed by atoms with Crippen molar-refractivity contribution in [3.05, 3.63) is 65.0 Å². The molecule has 0 aromatic heterocycles. The third kappa shape index (κ3) is 3.27. The first-order valence-corrected chi connectivity index (χ1v) is 6.57. The quantitative estimate of drug-likeness (QED) is 0.739. The lowest BCUT2D eigenvalue weighted by Gasteiger charge is -2.13. The predicted molar refractivity (Wildman–Crippen MR) is 76.4 cm³/mol. The molecule has 0 saturated carbocycles. The fourth-order valence-electron chi connectivity index (χ4n) is 2.03. The Balaban J connectivity index is 2.20. The summed E-state index contributed by atoms with van der Waals surface area (Å²) in [4.78, 5) is 0. The van der Waals surface area contributed by atoms with Gasteiger partial charge in [0.2, 0.25) is 0 Å². The molecule has 1 nitrogen and oxygen atoms in total. The molecule has 0 radical (unpaired) electrons. The van der Waals surface area contributed by atoms with E-state index in [1.807, 2.05) is 30.3 Å². The SMILES string of the molecule is COc1cccc(CC(Cl)c2cccc(C)c2F)c1. The predicted octanol–water partition coefficient (Wildman–Crippen LogP) is 4.67. The van der Waals surface area contributed by atoms with Crippen molar-refractivity contribution in [2.45, 2.75) is 18.7 Å². The molecule has 0 aliphatic rings. The monoisotopic (exact) mass is 278 g/mol. The van der Waals surface area contributed by atoms with Crippen LogP contribution in [0.25, 0.3) is 0 Å². The molecule has 1 unspecified atom stereocenters. The maximum Gasteiger partial charge on any atom is 0.130 e. The fraction of sp³-hybridized carbons (Fsp3) is 0.250. The highest BCUT2D eigenvalue weighted by molar-refractivity contribution is 6.21. The number of alkyl halides is 1. The number of aryl methyl sites for hydroxylation is 1. The Morgan fingerprint density at radius 2 is 1.95 bits per heavy atom. The summed E-state index contributed by atoms with van der Waals surface area (Å²) in [5.41, 5.74) is 2.19. The van der Waals surface area contributed by atoms with E-state index in [4.69, 9.17) is 16.3 Å². The van der Waals surface area contributed by atoms with Gasteiger partial charge in [0.1, 0.15) is 11.6 Å². The van der Waals surface area contributed by atoms with Gasteiger partial charge in [0.25, 0.3) is 0 Å². The maximum atomic E-state index is 14.0. The van der Waals surface area contributed by atoms with Crippen molar-refractivity contribution in [2.75, 3.05) is 7.11 Å². The molecular formula is C16H16ClFO. The molecule has 0 aliphatic carbocycles. The van der Waals surface area contributed by atoms with E-state index < -0.39 is 0 Å². The zero-order valence-electron chi connectivity index (χ0n) is 11.0. The molecule has 0 amide bonds. The molecule has 0 spiro atoms. The van der Waals surface area contributed by atoms with Crippen molar-refractivity contribution in [1.29, 1.82) is 0 Å². The first-order chi connectivity index (χ1) is 9.11. The second-order valence-electron chi connectivity index (χ2n) is 4.50. The van der Waals surface area contributed by atoms with Crippen molar-refractivity contribution in [3.63, 3.8) is 0 Å². The Morgan fingerprint density at radius 1 is 1.21 bits per heavy atom. The summed E-state index contributed by atoms with van der Waals surface area (Å²) in [7, 11) is 1.62. The van der Waals surface area contributed by atoms with Crippen LogP contribution >= 0.6 is 11.6 Å². The van der Waals surface area contributed by atoms with Gasteiger partial charge in [-0.15, -0.1) is 11.6 Å².